The van der Waals surface area contributed by atoms with E-state index in [0.717, 1.165) is 28.3 Å². The number of benzene rings is 4. The van der Waals surface area contributed by atoms with Gasteiger partial charge in [0.15, 0.2) is 0 Å². The third-order valence-corrected chi connectivity index (χ3v) is 6.73. The van der Waals surface area contributed by atoms with Crippen molar-refractivity contribution in [3.63, 3.8) is 0 Å². The average Bonchev–Trinajstić information content (AvgIpc) is 2.95. The number of rotatable bonds is 11. The normalized spacial score (nSPS) is 11.6. The Labute approximate surface area is 282 Å². The number of nitrogens with two attached hydrogens (primary N) is 1. The number of hydrogen-bond acceptors (Lipinski definition) is 4. The first-order chi connectivity index (χ1) is 20.4. The zero-order valence-electron chi connectivity index (χ0n) is 25.0. The van der Waals surface area contributed by atoms with Crippen LogP contribution < -0.4 is 11.1 Å². The van der Waals surface area contributed by atoms with Gasteiger partial charge in [0.05, 0.1) is 11.3 Å². The fourth-order valence-electron chi connectivity index (χ4n) is 4.57. The second kappa shape index (κ2) is 17.9. The number of carboxylic acid groups (broad SMARTS) is 1. The van der Waals surface area contributed by atoms with Crippen molar-refractivity contribution in [2.45, 2.75) is 52.1 Å². The molecule has 230 valence electrons. The SMILES string of the molecule is Cc1cccc(CNc2c(CN(CC[C@H](N)C(=O)O)Cc3[c-]cccc3)cccc2C(F)(F)F)c1.[CH2-]c1cccc(C)c1.[U+2]. The molecule has 0 spiro atoms. The Morgan fingerprint density at radius 2 is 1.66 bits per heavy atom. The molecule has 0 aromatic heterocycles. The molecule has 0 bridgehead atoms. The third-order valence-electron chi connectivity index (χ3n) is 6.73. The first-order valence-corrected chi connectivity index (χ1v) is 14.0. The van der Waals surface area contributed by atoms with Crippen LogP contribution in [0.1, 0.15) is 45.4 Å². The smallest absolute Gasteiger partial charge is 0.480 e. The molecule has 44 heavy (non-hydrogen) atoms. The molecule has 4 aromatic carbocycles. The van der Waals surface area contributed by atoms with Gasteiger partial charge < -0.3 is 16.2 Å². The molecule has 0 saturated carbocycles. The molecule has 4 aromatic rings. The van der Waals surface area contributed by atoms with E-state index in [1.807, 2.05) is 66.4 Å². The molecule has 0 unspecified atom stereocenters. The average molecular weight is 828 g/mol. The Hall–Kier alpha value is -3.22. The van der Waals surface area contributed by atoms with Gasteiger partial charge in [0, 0.05) is 26.2 Å². The summed E-state index contributed by atoms with van der Waals surface area (Å²) < 4.78 is 41.7. The van der Waals surface area contributed by atoms with E-state index in [0.29, 0.717) is 18.7 Å². The number of aliphatic carboxylic acids is 1. The maximum atomic E-state index is 13.9. The van der Waals surface area contributed by atoms with E-state index in [4.69, 9.17) is 10.8 Å². The maximum Gasteiger partial charge on any atom is 2.00 e. The van der Waals surface area contributed by atoms with Crippen LogP contribution in [0.15, 0.2) is 91.0 Å². The zero-order valence-corrected chi connectivity index (χ0v) is 29.2. The Bertz CT molecular complexity index is 1450. The quantitative estimate of drug-likeness (QED) is 0.138. The molecule has 4 rings (SSSR count). The van der Waals surface area contributed by atoms with Crippen LogP contribution in [-0.4, -0.2) is 28.6 Å². The molecule has 0 heterocycles. The predicted molar refractivity (Wildman–Crippen MR) is 165 cm³/mol. The van der Waals surface area contributed by atoms with Crippen molar-refractivity contribution in [1.29, 1.82) is 0 Å². The number of alkyl halides is 3. The minimum absolute atomic E-state index is 0. The van der Waals surface area contributed by atoms with Gasteiger partial charge in [-0.2, -0.15) is 68.1 Å². The summed E-state index contributed by atoms with van der Waals surface area (Å²) in [6.45, 7) is 8.87. The minimum atomic E-state index is -4.53. The molecule has 4 N–H and O–H groups in total. The summed E-state index contributed by atoms with van der Waals surface area (Å²) in [5.74, 6) is -1.11. The monoisotopic (exact) mass is 827 g/mol. The number of nitrogens with one attached hydrogen (secondary N) is 1. The van der Waals surface area contributed by atoms with Crippen molar-refractivity contribution in [3.05, 3.63) is 143 Å². The number of halogens is 3. The van der Waals surface area contributed by atoms with Gasteiger partial charge in [-0.15, -0.1) is 17.2 Å². The van der Waals surface area contributed by atoms with Gasteiger partial charge in [-0.25, -0.2) is 0 Å². The van der Waals surface area contributed by atoms with Crippen LogP contribution in [0.25, 0.3) is 0 Å². The van der Waals surface area contributed by atoms with Gasteiger partial charge in [-0.1, -0.05) is 55.0 Å². The molecule has 0 radical (unpaired) electrons. The van der Waals surface area contributed by atoms with Crippen LogP contribution in [0.4, 0.5) is 18.9 Å². The van der Waals surface area contributed by atoms with Crippen LogP contribution in [0.5, 0.6) is 0 Å². The van der Waals surface area contributed by atoms with Crippen LogP contribution in [-0.2, 0) is 30.6 Å². The van der Waals surface area contributed by atoms with Crippen molar-refractivity contribution in [1.82, 2.24) is 4.90 Å². The molecule has 9 heteroatoms. The topological polar surface area (TPSA) is 78.6 Å². The molecular weight excluding hydrogens is 789 g/mol. The van der Waals surface area contributed by atoms with E-state index in [1.54, 1.807) is 12.1 Å². The van der Waals surface area contributed by atoms with Gasteiger partial charge in [0.1, 0.15) is 6.04 Å². The number of carboxylic acids is 1. The van der Waals surface area contributed by atoms with E-state index in [-0.39, 0.29) is 56.3 Å². The van der Waals surface area contributed by atoms with Crippen molar-refractivity contribution < 1.29 is 54.2 Å². The van der Waals surface area contributed by atoms with Gasteiger partial charge in [0.25, 0.3) is 0 Å². The van der Waals surface area contributed by atoms with E-state index < -0.39 is 23.8 Å². The standard InChI is InChI=1S/C27H29F3N3O2.C8H9.U/c1-19-7-5-10-21(15-19)16-32-25-22(11-6-12-23(25)27(28,29)30)18-33(14-13-24(31)26(34)35)17-20-8-3-2-4-9-20;1-7-4-3-5-8(2)6-7;/h2-8,10-12,15,24,32H,13-14,16-18,31H2,1H3,(H,34,35);3-6H,1H2,2H3;/q2*-1;+2/t24-;;/m0../s1. The third kappa shape index (κ3) is 12.4. The number of nitrogens with zero attached hydrogens (tertiary/aromatic N) is 1. The van der Waals surface area contributed by atoms with E-state index >= 15 is 0 Å². The molecule has 0 aliphatic carbocycles. The summed E-state index contributed by atoms with van der Waals surface area (Å²) in [7, 11) is 0. The molecule has 0 aliphatic rings. The number of anilines is 1. The Morgan fingerprint density at radius 1 is 0.977 bits per heavy atom. The molecule has 1 atom stereocenters. The first-order valence-electron chi connectivity index (χ1n) is 14.0. The van der Waals surface area contributed by atoms with Gasteiger partial charge >= 0.3 is 43.3 Å². The number of para-hydroxylation sites is 1. The Kier molecular flexibility index (Phi) is 15.1. The number of carbonyl (C=O) groups is 1. The molecular formula is C35H38F3N3O2U. The molecule has 0 aliphatic heterocycles. The first kappa shape index (κ1) is 37.0. The van der Waals surface area contributed by atoms with Crippen LogP contribution >= 0.6 is 0 Å². The molecule has 5 nitrogen and oxygen atoms in total. The van der Waals surface area contributed by atoms with Crippen LogP contribution in [0.3, 0.4) is 0 Å². The molecule has 0 amide bonds. The Morgan fingerprint density at radius 3 is 2.23 bits per heavy atom. The van der Waals surface area contributed by atoms with Gasteiger partial charge in [-0.05, 0) is 30.5 Å². The predicted octanol–water partition coefficient (Wildman–Crippen LogP) is 7.41. The molecule has 0 saturated heterocycles. The zero-order chi connectivity index (χ0) is 31.4. The van der Waals surface area contributed by atoms with Crippen LogP contribution in [0, 0.1) is 58.0 Å². The fourth-order valence-corrected chi connectivity index (χ4v) is 4.57. The number of hydrogen-bond donors (Lipinski definition) is 3. The second-order valence-electron chi connectivity index (χ2n) is 10.5. The van der Waals surface area contributed by atoms with Crippen molar-refractivity contribution >= 4 is 11.7 Å². The summed E-state index contributed by atoms with van der Waals surface area (Å²) in [5, 5.41) is 12.2. The van der Waals surface area contributed by atoms with Crippen LogP contribution in [0.2, 0.25) is 0 Å². The second-order valence-corrected chi connectivity index (χ2v) is 10.5. The van der Waals surface area contributed by atoms with Crippen molar-refractivity contribution in [3.8, 4) is 0 Å². The van der Waals surface area contributed by atoms with E-state index in [9.17, 15) is 18.0 Å². The van der Waals surface area contributed by atoms with E-state index in [1.165, 1.54) is 11.6 Å². The largest absolute Gasteiger partial charge is 2.00 e. The summed E-state index contributed by atoms with van der Waals surface area (Å²) in [4.78, 5) is 13.1. The van der Waals surface area contributed by atoms with Gasteiger partial charge in [0.2, 0.25) is 0 Å². The molecule has 0 fully saturated rings. The fraction of sp³-hybridized carbons (Fsp3) is 0.257. The summed E-state index contributed by atoms with van der Waals surface area (Å²) >= 11 is 0. The summed E-state index contributed by atoms with van der Waals surface area (Å²) in [6.07, 6.45) is -4.37. The maximum absolute atomic E-state index is 13.9. The number of aryl methyl sites for hydroxylation is 2. The summed E-state index contributed by atoms with van der Waals surface area (Å²) in [6, 6.07) is 29.2. The minimum Gasteiger partial charge on any atom is -0.480 e. The van der Waals surface area contributed by atoms with Crippen molar-refractivity contribution in [2.24, 2.45) is 5.73 Å². The van der Waals surface area contributed by atoms with Crippen molar-refractivity contribution in [2.75, 3.05) is 11.9 Å². The van der Waals surface area contributed by atoms with E-state index in [2.05, 4.69) is 37.4 Å². The Balaban J connectivity index is 0.000000650. The summed E-state index contributed by atoms with van der Waals surface area (Å²) in [5.41, 5.74) is 10.5. The van der Waals surface area contributed by atoms with Gasteiger partial charge in [-0.3, -0.25) is 9.69 Å².